The van der Waals surface area contributed by atoms with Crippen LogP contribution < -0.4 is 0 Å². The lowest BCUT2D eigenvalue weighted by molar-refractivity contribution is 0.0289. The van der Waals surface area contributed by atoms with Gasteiger partial charge < -0.3 is 10.0 Å². The lowest BCUT2D eigenvalue weighted by atomic mass is 9.74. The van der Waals surface area contributed by atoms with Gasteiger partial charge in [-0.25, -0.2) is 0 Å². The minimum absolute atomic E-state index is 0.0183. The standard InChI is InChI=1S/C20H30ClNO/c1-16(2)8-9-17(3)22-12-10-20(15-23,11-13-22)14-18-6-4-5-7-19(18)21/h4-7,17,23H,1,8-15H2,2-3H3/t17-/m1/s1. The van der Waals surface area contributed by atoms with Crippen molar-refractivity contribution in [2.24, 2.45) is 5.41 Å². The lowest BCUT2D eigenvalue weighted by Gasteiger charge is -2.43. The molecule has 0 spiro atoms. The second-order valence-electron chi connectivity index (χ2n) is 7.31. The molecule has 1 N–H and O–H groups in total. The molecular weight excluding hydrogens is 306 g/mol. The number of benzene rings is 1. The number of hydrogen-bond donors (Lipinski definition) is 1. The monoisotopic (exact) mass is 335 g/mol. The highest BCUT2D eigenvalue weighted by atomic mass is 35.5. The molecule has 128 valence electrons. The van der Waals surface area contributed by atoms with Crippen LogP contribution in [0.15, 0.2) is 36.4 Å². The fourth-order valence-corrected chi connectivity index (χ4v) is 3.72. The van der Waals surface area contributed by atoms with Gasteiger partial charge in [0.25, 0.3) is 0 Å². The van der Waals surface area contributed by atoms with Crippen LogP contribution in [0.4, 0.5) is 0 Å². The Hall–Kier alpha value is -0.830. The van der Waals surface area contributed by atoms with Gasteiger partial charge in [0.05, 0.1) is 0 Å². The van der Waals surface area contributed by atoms with E-state index in [9.17, 15) is 5.11 Å². The Balaban J connectivity index is 1.94. The highest BCUT2D eigenvalue weighted by Gasteiger charge is 2.35. The first-order valence-electron chi connectivity index (χ1n) is 8.68. The molecule has 2 nitrogen and oxygen atoms in total. The summed E-state index contributed by atoms with van der Waals surface area (Å²) in [5.74, 6) is 0. The van der Waals surface area contributed by atoms with Crippen LogP contribution in [0.3, 0.4) is 0 Å². The van der Waals surface area contributed by atoms with Crippen LogP contribution in [0.25, 0.3) is 0 Å². The normalized spacial score (nSPS) is 19.5. The molecular formula is C20H30ClNO. The van der Waals surface area contributed by atoms with Crippen molar-refractivity contribution in [3.63, 3.8) is 0 Å². The van der Waals surface area contributed by atoms with Gasteiger partial charge in [0.15, 0.2) is 0 Å². The van der Waals surface area contributed by atoms with Gasteiger partial charge in [0.1, 0.15) is 0 Å². The summed E-state index contributed by atoms with van der Waals surface area (Å²) in [5, 5.41) is 10.8. The molecule has 1 aromatic rings. The zero-order chi connectivity index (χ0) is 16.9. The molecule has 0 saturated carbocycles. The van der Waals surface area contributed by atoms with Crippen LogP contribution >= 0.6 is 11.6 Å². The van der Waals surface area contributed by atoms with E-state index in [1.165, 1.54) is 12.0 Å². The summed E-state index contributed by atoms with van der Waals surface area (Å²) in [6.45, 7) is 10.8. The van der Waals surface area contributed by atoms with E-state index < -0.39 is 0 Å². The van der Waals surface area contributed by atoms with E-state index in [1.54, 1.807) is 0 Å². The first kappa shape index (κ1) is 18.5. The molecule has 0 bridgehead atoms. The number of hydrogen-bond acceptors (Lipinski definition) is 2. The number of rotatable bonds is 7. The number of aliphatic hydroxyl groups excluding tert-OH is 1. The van der Waals surface area contributed by atoms with Gasteiger partial charge in [0, 0.05) is 17.7 Å². The number of halogens is 1. The van der Waals surface area contributed by atoms with Gasteiger partial charge in [-0.1, -0.05) is 35.4 Å². The van der Waals surface area contributed by atoms with Crippen molar-refractivity contribution in [2.75, 3.05) is 19.7 Å². The predicted molar refractivity (Wildman–Crippen MR) is 99.0 cm³/mol. The summed E-state index contributed by atoms with van der Waals surface area (Å²) in [6, 6.07) is 8.60. The first-order chi connectivity index (χ1) is 11.0. The number of likely N-dealkylation sites (tertiary alicyclic amines) is 1. The van der Waals surface area contributed by atoms with Crippen molar-refractivity contribution < 1.29 is 5.11 Å². The smallest absolute Gasteiger partial charge is 0.0491 e. The number of nitrogens with zero attached hydrogens (tertiary/aromatic N) is 1. The van der Waals surface area contributed by atoms with Crippen LogP contribution in [0.5, 0.6) is 0 Å². The van der Waals surface area contributed by atoms with Crippen molar-refractivity contribution in [2.45, 2.75) is 52.0 Å². The third-order valence-electron chi connectivity index (χ3n) is 5.33. The third-order valence-corrected chi connectivity index (χ3v) is 5.70. The lowest BCUT2D eigenvalue weighted by Crippen LogP contribution is -2.46. The van der Waals surface area contributed by atoms with Crippen LogP contribution in [0, 0.1) is 5.41 Å². The maximum atomic E-state index is 10.0. The molecule has 0 aliphatic carbocycles. The van der Waals surface area contributed by atoms with Gasteiger partial charge in [0.2, 0.25) is 0 Å². The van der Waals surface area contributed by atoms with E-state index in [4.69, 9.17) is 11.6 Å². The summed E-state index contributed by atoms with van der Waals surface area (Å²) < 4.78 is 0. The molecule has 0 radical (unpaired) electrons. The molecule has 1 aliphatic rings. The molecule has 0 aromatic heterocycles. The molecule has 1 heterocycles. The molecule has 1 saturated heterocycles. The van der Waals surface area contributed by atoms with Crippen molar-refractivity contribution in [3.8, 4) is 0 Å². The molecule has 1 aromatic carbocycles. The number of aliphatic hydroxyl groups is 1. The Kier molecular flexibility index (Phi) is 6.70. The van der Waals surface area contributed by atoms with Gasteiger partial charge in [-0.05, 0) is 76.1 Å². The summed E-state index contributed by atoms with van der Waals surface area (Å²) in [5.41, 5.74) is 2.40. The second-order valence-corrected chi connectivity index (χ2v) is 7.71. The van der Waals surface area contributed by atoms with E-state index in [-0.39, 0.29) is 12.0 Å². The van der Waals surface area contributed by atoms with Crippen molar-refractivity contribution in [1.29, 1.82) is 0 Å². The summed E-state index contributed by atoms with van der Waals surface area (Å²) in [4.78, 5) is 2.56. The zero-order valence-electron chi connectivity index (χ0n) is 14.5. The molecule has 1 atom stereocenters. The molecule has 0 unspecified atom stereocenters. The Morgan fingerprint density at radius 2 is 2.00 bits per heavy atom. The Morgan fingerprint density at radius 3 is 2.57 bits per heavy atom. The second kappa shape index (κ2) is 8.32. The van der Waals surface area contributed by atoms with Crippen molar-refractivity contribution in [1.82, 2.24) is 4.90 Å². The van der Waals surface area contributed by atoms with Gasteiger partial charge in [-0.3, -0.25) is 0 Å². The van der Waals surface area contributed by atoms with Gasteiger partial charge in [-0.2, -0.15) is 0 Å². The maximum Gasteiger partial charge on any atom is 0.0491 e. The predicted octanol–water partition coefficient (Wildman–Crippen LogP) is 4.70. The molecule has 23 heavy (non-hydrogen) atoms. The van der Waals surface area contributed by atoms with Crippen molar-refractivity contribution in [3.05, 3.63) is 47.0 Å². The average Bonchev–Trinajstić information content (AvgIpc) is 2.55. The summed E-state index contributed by atoms with van der Waals surface area (Å²) in [7, 11) is 0. The minimum Gasteiger partial charge on any atom is -0.396 e. The number of piperidine rings is 1. The Bertz CT molecular complexity index is 520. The van der Waals surface area contributed by atoms with Crippen molar-refractivity contribution >= 4 is 11.6 Å². The van der Waals surface area contributed by atoms with E-state index in [1.807, 2.05) is 18.2 Å². The highest BCUT2D eigenvalue weighted by Crippen LogP contribution is 2.37. The van der Waals surface area contributed by atoms with Crippen LogP contribution in [0.2, 0.25) is 5.02 Å². The first-order valence-corrected chi connectivity index (χ1v) is 9.06. The average molecular weight is 336 g/mol. The Morgan fingerprint density at radius 1 is 1.35 bits per heavy atom. The SMILES string of the molecule is C=C(C)CC[C@@H](C)N1CCC(CO)(Cc2ccccc2Cl)CC1. The molecule has 1 aliphatic heterocycles. The zero-order valence-corrected chi connectivity index (χ0v) is 15.3. The largest absolute Gasteiger partial charge is 0.396 e. The highest BCUT2D eigenvalue weighted by molar-refractivity contribution is 6.31. The molecule has 0 amide bonds. The number of allylic oxidation sites excluding steroid dienone is 1. The van der Waals surface area contributed by atoms with Crippen LogP contribution in [-0.2, 0) is 6.42 Å². The topological polar surface area (TPSA) is 23.5 Å². The maximum absolute atomic E-state index is 10.0. The molecule has 3 heteroatoms. The van der Waals surface area contributed by atoms with Gasteiger partial charge >= 0.3 is 0 Å². The van der Waals surface area contributed by atoms with E-state index >= 15 is 0 Å². The minimum atomic E-state index is -0.0183. The fraction of sp³-hybridized carbons (Fsp3) is 0.600. The van der Waals surface area contributed by atoms with Crippen LogP contribution in [0.1, 0.15) is 45.1 Å². The van der Waals surface area contributed by atoms with E-state index in [2.05, 4.69) is 31.4 Å². The van der Waals surface area contributed by atoms with Gasteiger partial charge in [-0.15, -0.1) is 6.58 Å². The fourth-order valence-electron chi connectivity index (χ4n) is 3.51. The summed E-state index contributed by atoms with van der Waals surface area (Å²) in [6.07, 6.45) is 5.21. The third kappa shape index (κ3) is 5.07. The van der Waals surface area contributed by atoms with Crippen LogP contribution in [-0.4, -0.2) is 35.7 Å². The quantitative estimate of drug-likeness (QED) is 0.730. The summed E-state index contributed by atoms with van der Waals surface area (Å²) >= 11 is 6.31. The Labute approximate surface area is 146 Å². The molecule has 2 rings (SSSR count). The van der Waals surface area contributed by atoms with E-state index in [0.717, 1.165) is 49.4 Å². The molecule has 1 fully saturated rings. The van der Waals surface area contributed by atoms with E-state index in [0.29, 0.717) is 6.04 Å².